The van der Waals surface area contributed by atoms with Gasteiger partial charge in [-0.05, 0) is 6.07 Å². The van der Waals surface area contributed by atoms with Crippen molar-refractivity contribution >= 4 is 17.2 Å². The first-order chi connectivity index (χ1) is 11.1. The van der Waals surface area contributed by atoms with Crippen molar-refractivity contribution in [2.24, 2.45) is 0 Å². The third-order valence-electron chi connectivity index (χ3n) is 3.55. The molecule has 1 amide bonds. The molecule has 1 saturated heterocycles. The average molecular weight is 313 g/mol. The predicted octanol–water partition coefficient (Wildman–Crippen LogP) is -0.986. The van der Waals surface area contributed by atoms with Crippen LogP contribution in [0.1, 0.15) is 6.42 Å². The molecule has 1 fully saturated rings. The number of nitrogens with zero attached hydrogens (tertiary/aromatic N) is 4. The Morgan fingerprint density at radius 3 is 2.83 bits per heavy atom. The van der Waals surface area contributed by atoms with Gasteiger partial charge >= 0.3 is 5.69 Å². The Hall–Kier alpha value is -3.43. The number of carbonyl (C=O) groups is 1. The van der Waals surface area contributed by atoms with E-state index in [0.717, 1.165) is 0 Å². The Labute approximate surface area is 127 Å². The summed E-state index contributed by atoms with van der Waals surface area (Å²) in [6.45, 7) is 0.493. The molecule has 1 aliphatic heterocycles. The van der Waals surface area contributed by atoms with Crippen LogP contribution in [0.5, 0.6) is 0 Å². The normalized spacial score (nSPS) is 14.4. The molecule has 1 aliphatic rings. The second kappa shape index (κ2) is 4.80. The van der Waals surface area contributed by atoms with E-state index in [1.165, 1.54) is 10.7 Å². The van der Waals surface area contributed by atoms with E-state index >= 15 is 0 Å². The van der Waals surface area contributed by atoms with Gasteiger partial charge in [0.05, 0.1) is 5.56 Å². The predicted molar refractivity (Wildman–Crippen MR) is 79.8 cm³/mol. The van der Waals surface area contributed by atoms with Crippen LogP contribution in [-0.4, -0.2) is 37.0 Å². The number of hydrogen-bond acceptors (Lipinski definition) is 6. The summed E-state index contributed by atoms with van der Waals surface area (Å²) in [6.07, 6.45) is 4.90. The fraction of sp³-hybridized carbons (Fsp3) is 0.154. The maximum atomic E-state index is 12.0. The zero-order valence-corrected chi connectivity index (χ0v) is 11.7. The largest absolute Gasteiger partial charge is 0.325 e. The number of rotatable bonds is 2. The van der Waals surface area contributed by atoms with E-state index < -0.39 is 11.2 Å². The number of H-pyrrole nitrogens is 2. The molecule has 0 unspecified atom stereocenters. The van der Waals surface area contributed by atoms with Crippen molar-refractivity contribution in [2.45, 2.75) is 6.42 Å². The van der Waals surface area contributed by atoms with Crippen molar-refractivity contribution in [3.05, 3.63) is 45.5 Å². The number of aromatic nitrogens is 5. The Kier molecular flexibility index (Phi) is 2.76. The van der Waals surface area contributed by atoms with Gasteiger partial charge in [0.2, 0.25) is 5.91 Å². The maximum Gasteiger partial charge on any atom is 0.325 e. The van der Waals surface area contributed by atoms with Gasteiger partial charge in [0.1, 0.15) is 11.4 Å². The van der Waals surface area contributed by atoms with Crippen LogP contribution in [0.15, 0.2) is 34.2 Å². The van der Waals surface area contributed by atoms with Crippen molar-refractivity contribution in [1.82, 2.24) is 30.0 Å². The topological polar surface area (TPSA) is 128 Å². The summed E-state index contributed by atoms with van der Waals surface area (Å²) in [5, 5.41) is 5.98. The summed E-state index contributed by atoms with van der Waals surface area (Å²) in [7, 11) is 0. The minimum absolute atomic E-state index is 0.0880. The molecule has 0 aliphatic carbocycles. The molecule has 3 N–H and O–H groups in total. The molecule has 10 nitrogen and oxygen atoms in total. The molecule has 0 aromatic carbocycles. The molecule has 0 saturated carbocycles. The number of nitrogens with one attached hydrogen (secondary N) is 3. The number of hydrazine groups is 1. The van der Waals surface area contributed by atoms with E-state index in [9.17, 15) is 14.4 Å². The molecule has 23 heavy (non-hydrogen) atoms. The SMILES string of the molecule is O=C1CCN(c2cc(-c3c[nH]c(=O)[nH]c3=O)nn3ccnc23)N1. The van der Waals surface area contributed by atoms with Crippen molar-refractivity contribution in [3.8, 4) is 11.3 Å². The van der Waals surface area contributed by atoms with Crippen molar-refractivity contribution in [3.63, 3.8) is 0 Å². The fourth-order valence-corrected chi connectivity index (χ4v) is 2.49. The summed E-state index contributed by atoms with van der Waals surface area (Å²) in [4.78, 5) is 43.4. The van der Waals surface area contributed by atoms with Crippen LogP contribution in [0, 0.1) is 0 Å². The Bertz CT molecular complexity index is 1030. The van der Waals surface area contributed by atoms with Crippen molar-refractivity contribution in [2.75, 3.05) is 11.6 Å². The van der Waals surface area contributed by atoms with Gasteiger partial charge in [0, 0.05) is 31.6 Å². The van der Waals surface area contributed by atoms with Crippen LogP contribution in [-0.2, 0) is 4.79 Å². The van der Waals surface area contributed by atoms with Crippen LogP contribution < -0.4 is 21.7 Å². The van der Waals surface area contributed by atoms with Crippen LogP contribution in [0.25, 0.3) is 16.9 Å². The van der Waals surface area contributed by atoms with Crippen LogP contribution >= 0.6 is 0 Å². The van der Waals surface area contributed by atoms with E-state index in [-0.39, 0.29) is 11.5 Å². The van der Waals surface area contributed by atoms with Gasteiger partial charge in [-0.1, -0.05) is 0 Å². The third-order valence-corrected chi connectivity index (χ3v) is 3.55. The highest BCUT2D eigenvalue weighted by Gasteiger charge is 2.23. The third kappa shape index (κ3) is 2.16. The van der Waals surface area contributed by atoms with E-state index in [0.29, 0.717) is 30.0 Å². The van der Waals surface area contributed by atoms with Gasteiger partial charge < -0.3 is 4.98 Å². The number of aromatic amines is 2. The first-order valence-electron chi connectivity index (χ1n) is 6.85. The second-order valence-corrected chi connectivity index (χ2v) is 5.03. The fourth-order valence-electron chi connectivity index (χ4n) is 2.49. The van der Waals surface area contributed by atoms with Crippen LogP contribution in [0.2, 0.25) is 0 Å². The van der Waals surface area contributed by atoms with Crippen LogP contribution in [0.3, 0.4) is 0 Å². The first kappa shape index (κ1) is 13.2. The van der Waals surface area contributed by atoms with Crippen molar-refractivity contribution in [1.29, 1.82) is 0 Å². The zero-order chi connectivity index (χ0) is 16.0. The van der Waals surface area contributed by atoms with E-state index in [2.05, 4.69) is 25.5 Å². The number of anilines is 1. The molecule has 4 heterocycles. The number of carbonyl (C=O) groups excluding carboxylic acids is 1. The van der Waals surface area contributed by atoms with Gasteiger partial charge in [-0.25, -0.2) is 14.3 Å². The van der Waals surface area contributed by atoms with E-state index in [1.807, 2.05) is 0 Å². The Balaban J connectivity index is 1.93. The van der Waals surface area contributed by atoms with Gasteiger partial charge in [-0.2, -0.15) is 5.10 Å². The molecule has 10 heteroatoms. The highest BCUT2D eigenvalue weighted by molar-refractivity contribution is 5.84. The molecule has 3 aromatic rings. The lowest BCUT2D eigenvalue weighted by Crippen LogP contribution is -2.33. The number of hydrogen-bond donors (Lipinski definition) is 3. The molecule has 0 radical (unpaired) electrons. The summed E-state index contributed by atoms with van der Waals surface area (Å²) in [5.41, 5.74) is 3.33. The average Bonchev–Trinajstić information content (AvgIpc) is 3.14. The quantitative estimate of drug-likeness (QED) is 0.557. The maximum absolute atomic E-state index is 12.0. The monoisotopic (exact) mass is 313 g/mol. The molecule has 0 atom stereocenters. The summed E-state index contributed by atoms with van der Waals surface area (Å²) < 4.78 is 1.51. The number of amides is 1. The Morgan fingerprint density at radius 1 is 1.22 bits per heavy atom. The minimum Gasteiger partial charge on any atom is -0.313 e. The smallest absolute Gasteiger partial charge is 0.313 e. The van der Waals surface area contributed by atoms with Gasteiger partial charge in [0.15, 0.2) is 5.65 Å². The highest BCUT2D eigenvalue weighted by atomic mass is 16.2. The summed E-state index contributed by atoms with van der Waals surface area (Å²) in [6, 6.07) is 1.65. The minimum atomic E-state index is -0.588. The number of fused-ring (bicyclic) bond motifs is 1. The van der Waals surface area contributed by atoms with Gasteiger partial charge in [0.25, 0.3) is 5.56 Å². The summed E-state index contributed by atoms with van der Waals surface area (Å²) >= 11 is 0. The molecular formula is C13H11N7O3. The lowest BCUT2D eigenvalue weighted by atomic mass is 10.2. The lowest BCUT2D eigenvalue weighted by Gasteiger charge is -2.18. The first-order valence-corrected chi connectivity index (χ1v) is 6.85. The molecule has 116 valence electrons. The van der Waals surface area contributed by atoms with Gasteiger partial charge in [-0.15, -0.1) is 0 Å². The van der Waals surface area contributed by atoms with Gasteiger partial charge in [-0.3, -0.25) is 25.0 Å². The molecule has 0 bridgehead atoms. The molecule has 0 spiro atoms. The Morgan fingerprint density at radius 2 is 2.09 bits per heavy atom. The molecule has 4 rings (SSSR count). The van der Waals surface area contributed by atoms with Crippen molar-refractivity contribution < 1.29 is 4.79 Å². The second-order valence-electron chi connectivity index (χ2n) is 5.03. The molecule has 3 aromatic heterocycles. The van der Waals surface area contributed by atoms with E-state index in [1.54, 1.807) is 23.5 Å². The summed E-state index contributed by atoms with van der Waals surface area (Å²) in [5.74, 6) is -0.0880. The van der Waals surface area contributed by atoms with E-state index in [4.69, 9.17) is 0 Å². The lowest BCUT2D eigenvalue weighted by molar-refractivity contribution is -0.119. The van der Waals surface area contributed by atoms with Crippen LogP contribution in [0.4, 0.5) is 5.69 Å². The standard InChI is InChI=1S/C13H11N7O3/c21-10-1-3-19(18-10)9-5-8(17-20-4-2-14-11(9)20)7-6-15-13(23)16-12(7)22/h2,4-6H,1,3H2,(H,18,21)(H2,15,16,22,23). The number of imidazole rings is 1. The zero-order valence-electron chi connectivity index (χ0n) is 11.7. The highest BCUT2D eigenvalue weighted by Crippen LogP contribution is 2.25. The molecular weight excluding hydrogens is 302 g/mol.